The molecule has 1 aliphatic rings. The molecule has 0 fully saturated rings. The molecule has 0 bridgehead atoms. The third-order valence-corrected chi connectivity index (χ3v) is 3.86. The standard InChI is InChI=1S/C18H14N2O2/c21-18-16-15(12-20(18)11-13-7-3-1-4-8-13)22-19-17(16)14-9-5-2-6-10-14/h1-10H,11-12H2. The molecule has 0 saturated heterocycles. The molecule has 0 N–H and O–H groups in total. The maximum absolute atomic E-state index is 12.7. The van der Waals surface area contributed by atoms with Crippen molar-refractivity contribution < 1.29 is 9.32 Å². The molecule has 0 spiro atoms. The van der Waals surface area contributed by atoms with Gasteiger partial charge in [-0.2, -0.15) is 0 Å². The molecule has 4 rings (SSSR count). The fourth-order valence-electron chi connectivity index (χ4n) is 2.78. The van der Waals surface area contributed by atoms with Gasteiger partial charge < -0.3 is 9.42 Å². The zero-order valence-corrected chi connectivity index (χ0v) is 11.9. The van der Waals surface area contributed by atoms with E-state index in [1.54, 1.807) is 4.90 Å². The number of benzene rings is 2. The predicted octanol–water partition coefficient (Wildman–Crippen LogP) is 3.50. The fraction of sp³-hybridized carbons (Fsp3) is 0.111. The van der Waals surface area contributed by atoms with Gasteiger partial charge in [0.1, 0.15) is 11.3 Å². The quantitative estimate of drug-likeness (QED) is 0.741. The second-order valence-electron chi connectivity index (χ2n) is 5.34. The number of hydrogen-bond acceptors (Lipinski definition) is 3. The molecule has 4 heteroatoms. The lowest BCUT2D eigenvalue weighted by molar-refractivity contribution is 0.0759. The van der Waals surface area contributed by atoms with Crippen molar-refractivity contribution in [1.82, 2.24) is 10.1 Å². The summed E-state index contributed by atoms with van der Waals surface area (Å²) in [7, 11) is 0. The lowest BCUT2D eigenvalue weighted by Gasteiger charge is -2.15. The molecule has 0 radical (unpaired) electrons. The third kappa shape index (κ3) is 2.09. The van der Waals surface area contributed by atoms with Crippen LogP contribution in [0.25, 0.3) is 11.3 Å². The Morgan fingerprint density at radius 2 is 1.68 bits per heavy atom. The molecule has 3 aromatic rings. The van der Waals surface area contributed by atoms with E-state index >= 15 is 0 Å². The molecule has 108 valence electrons. The first-order valence-electron chi connectivity index (χ1n) is 7.20. The van der Waals surface area contributed by atoms with E-state index in [9.17, 15) is 4.79 Å². The Hall–Kier alpha value is -2.88. The van der Waals surface area contributed by atoms with E-state index in [-0.39, 0.29) is 5.91 Å². The highest BCUT2D eigenvalue weighted by Gasteiger charge is 2.35. The van der Waals surface area contributed by atoms with E-state index in [1.165, 1.54) is 0 Å². The molecule has 0 aliphatic carbocycles. The van der Waals surface area contributed by atoms with E-state index in [0.29, 0.717) is 30.1 Å². The van der Waals surface area contributed by atoms with Crippen molar-refractivity contribution in [2.24, 2.45) is 0 Å². The minimum Gasteiger partial charge on any atom is -0.358 e. The molecule has 1 aromatic heterocycles. The third-order valence-electron chi connectivity index (χ3n) is 3.86. The molecule has 0 saturated carbocycles. The second kappa shape index (κ2) is 5.15. The summed E-state index contributed by atoms with van der Waals surface area (Å²) in [4.78, 5) is 14.5. The maximum atomic E-state index is 12.7. The van der Waals surface area contributed by atoms with Gasteiger partial charge in [0.2, 0.25) is 0 Å². The molecule has 1 amide bonds. The molecule has 0 unspecified atom stereocenters. The number of fused-ring (bicyclic) bond motifs is 1. The molecular formula is C18H14N2O2. The van der Waals surface area contributed by atoms with E-state index in [2.05, 4.69) is 5.16 Å². The van der Waals surface area contributed by atoms with Crippen LogP contribution >= 0.6 is 0 Å². The van der Waals surface area contributed by atoms with Crippen LogP contribution in [-0.2, 0) is 13.1 Å². The number of rotatable bonds is 3. The van der Waals surface area contributed by atoms with Gasteiger partial charge in [0.15, 0.2) is 5.76 Å². The van der Waals surface area contributed by atoms with Crippen LogP contribution in [0.5, 0.6) is 0 Å². The van der Waals surface area contributed by atoms with Gasteiger partial charge in [0.05, 0.1) is 6.54 Å². The lowest BCUT2D eigenvalue weighted by atomic mass is 10.1. The number of amides is 1. The van der Waals surface area contributed by atoms with Crippen LogP contribution in [0, 0.1) is 0 Å². The largest absolute Gasteiger partial charge is 0.358 e. The van der Waals surface area contributed by atoms with Gasteiger partial charge in [-0.15, -0.1) is 0 Å². The number of hydrogen-bond donors (Lipinski definition) is 0. The van der Waals surface area contributed by atoms with Crippen molar-refractivity contribution in [2.45, 2.75) is 13.1 Å². The van der Waals surface area contributed by atoms with Gasteiger partial charge in [-0.25, -0.2) is 0 Å². The Morgan fingerprint density at radius 1 is 1.00 bits per heavy atom. The van der Waals surface area contributed by atoms with Crippen molar-refractivity contribution >= 4 is 5.91 Å². The van der Waals surface area contributed by atoms with Gasteiger partial charge in [-0.3, -0.25) is 4.79 Å². The molecule has 4 nitrogen and oxygen atoms in total. The molecule has 1 aliphatic heterocycles. The van der Waals surface area contributed by atoms with E-state index in [1.807, 2.05) is 60.7 Å². The summed E-state index contributed by atoms with van der Waals surface area (Å²) in [6.07, 6.45) is 0. The summed E-state index contributed by atoms with van der Waals surface area (Å²) in [5.74, 6) is 0.638. The van der Waals surface area contributed by atoms with Crippen molar-refractivity contribution in [3.8, 4) is 11.3 Å². The van der Waals surface area contributed by atoms with E-state index in [0.717, 1.165) is 11.1 Å². The van der Waals surface area contributed by atoms with Crippen LogP contribution in [0.3, 0.4) is 0 Å². The van der Waals surface area contributed by atoms with Gasteiger partial charge in [-0.05, 0) is 5.56 Å². The molecule has 2 heterocycles. The van der Waals surface area contributed by atoms with Crippen molar-refractivity contribution in [3.63, 3.8) is 0 Å². The van der Waals surface area contributed by atoms with E-state index < -0.39 is 0 Å². The number of aromatic nitrogens is 1. The highest BCUT2D eigenvalue weighted by Crippen LogP contribution is 2.32. The predicted molar refractivity (Wildman–Crippen MR) is 82.0 cm³/mol. The SMILES string of the molecule is O=C1c2c(-c3ccccc3)noc2CN1Cc1ccccc1. The van der Waals surface area contributed by atoms with Crippen molar-refractivity contribution in [2.75, 3.05) is 0 Å². The minimum absolute atomic E-state index is 0.0149. The maximum Gasteiger partial charge on any atom is 0.260 e. The zero-order valence-electron chi connectivity index (χ0n) is 11.9. The van der Waals surface area contributed by atoms with Crippen LogP contribution < -0.4 is 0 Å². The highest BCUT2D eigenvalue weighted by molar-refractivity contribution is 6.02. The first-order valence-corrected chi connectivity index (χ1v) is 7.20. The Bertz CT molecular complexity index is 810. The lowest BCUT2D eigenvalue weighted by Crippen LogP contribution is -2.23. The van der Waals surface area contributed by atoms with Crippen LogP contribution in [0.4, 0.5) is 0 Å². The number of carbonyl (C=O) groups excluding carboxylic acids is 1. The van der Waals surface area contributed by atoms with Gasteiger partial charge in [-0.1, -0.05) is 65.8 Å². The number of carbonyl (C=O) groups is 1. The Balaban J connectivity index is 1.65. The van der Waals surface area contributed by atoms with Gasteiger partial charge >= 0.3 is 0 Å². The average molecular weight is 290 g/mol. The van der Waals surface area contributed by atoms with Crippen molar-refractivity contribution in [1.29, 1.82) is 0 Å². The Morgan fingerprint density at radius 3 is 2.41 bits per heavy atom. The Labute approximate surface area is 128 Å². The first kappa shape index (κ1) is 12.8. The molecule has 0 atom stereocenters. The minimum atomic E-state index is -0.0149. The topological polar surface area (TPSA) is 46.3 Å². The normalized spacial score (nSPS) is 13.5. The summed E-state index contributed by atoms with van der Waals surface area (Å²) in [6.45, 7) is 1.06. The smallest absolute Gasteiger partial charge is 0.260 e. The number of nitrogens with zero attached hydrogens (tertiary/aromatic N) is 2. The van der Waals surface area contributed by atoms with Crippen LogP contribution in [-0.4, -0.2) is 16.0 Å². The Kier molecular flexibility index (Phi) is 3.00. The van der Waals surface area contributed by atoms with Crippen LogP contribution in [0.2, 0.25) is 0 Å². The van der Waals surface area contributed by atoms with Crippen molar-refractivity contribution in [3.05, 3.63) is 77.6 Å². The summed E-state index contributed by atoms with van der Waals surface area (Å²) >= 11 is 0. The fourth-order valence-corrected chi connectivity index (χ4v) is 2.78. The van der Waals surface area contributed by atoms with Gasteiger partial charge in [0, 0.05) is 12.1 Å². The summed E-state index contributed by atoms with van der Waals surface area (Å²) in [5, 5.41) is 4.08. The molecule has 22 heavy (non-hydrogen) atoms. The molecular weight excluding hydrogens is 276 g/mol. The van der Waals surface area contributed by atoms with Crippen LogP contribution in [0.15, 0.2) is 65.2 Å². The summed E-state index contributed by atoms with van der Waals surface area (Å²) in [6, 6.07) is 19.6. The monoisotopic (exact) mass is 290 g/mol. The van der Waals surface area contributed by atoms with Crippen LogP contribution in [0.1, 0.15) is 21.7 Å². The molecule has 2 aromatic carbocycles. The second-order valence-corrected chi connectivity index (χ2v) is 5.34. The summed E-state index contributed by atoms with van der Waals surface area (Å²) in [5.41, 5.74) is 3.25. The van der Waals surface area contributed by atoms with Gasteiger partial charge in [0.25, 0.3) is 5.91 Å². The summed E-state index contributed by atoms with van der Waals surface area (Å²) < 4.78 is 5.39. The van der Waals surface area contributed by atoms with E-state index in [4.69, 9.17) is 4.52 Å². The first-order chi connectivity index (χ1) is 10.8. The zero-order chi connectivity index (χ0) is 14.9. The highest BCUT2D eigenvalue weighted by atomic mass is 16.5. The average Bonchev–Trinajstić information content (AvgIpc) is 3.11.